The number of benzene rings is 2. The smallest absolute Gasteiger partial charge is 0.226 e. The van der Waals surface area contributed by atoms with Gasteiger partial charge in [0.25, 0.3) is 0 Å². The molecule has 0 aliphatic carbocycles. The van der Waals surface area contributed by atoms with Gasteiger partial charge in [0.2, 0.25) is 5.95 Å². The Balaban J connectivity index is 1.02. The summed E-state index contributed by atoms with van der Waals surface area (Å²) in [5, 5.41) is 8.03. The molecule has 2 aromatic carbocycles. The molecule has 0 unspecified atom stereocenters. The van der Waals surface area contributed by atoms with Crippen molar-refractivity contribution in [3.05, 3.63) is 89.5 Å². The molecule has 2 aliphatic heterocycles. The van der Waals surface area contributed by atoms with Crippen LogP contribution >= 0.6 is 0 Å². The van der Waals surface area contributed by atoms with Crippen LogP contribution in [-0.2, 0) is 17.8 Å². The molecule has 0 atom stereocenters. The molecule has 7 rings (SSSR count). The Morgan fingerprint density at radius 2 is 1.80 bits per heavy atom. The first-order chi connectivity index (χ1) is 20.3. The largest absolute Gasteiger partial charge is 0.492 e. The van der Waals surface area contributed by atoms with E-state index in [1.165, 1.54) is 11.1 Å². The van der Waals surface area contributed by atoms with Gasteiger partial charge in [-0.05, 0) is 59.5 Å². The van der Waals surface area contributed by atoms with E-state index in [-0.39, 0.29) is 0 Å². The zero-order valence-corrected chi connectivity index (χ0v) is 22.5. The molecule has 1 fully saturated rings. The molecule has 5 aromatic rings. The van der Waals surface area contributed by atoms with Crippen LogP contribution in [0.15, 0.2) is 67.1 Å². The average molecular weight is 545 g/mol. The van der Waals surface area contributed by atoms with Gasteiger partial charge in [0, 0.05) is 56.1 Å². The SMILES string of the molecule is C(#Cc1ccnc(-c2ccnc(N3Cc4ccc(OCCN5CCOCC5)cc4C3)n2)n1)c1ccc2[nH]ncc2c1. The van der Waals surface area contributed by atoms with E-state index >= 15 is 0 Å². The molecule has 10 nitrogen and oxygen atoms in total. The fraction of sp³-hybridized carbons (Fsp3) is 0.258. The second-order valence-electron chi connectivity index (χ2n) is 10.0. The summed E-state index contributed by atoms with van der Waals surface area (Å²) >= 11 is 0. The van der Waals surface area contributed by atoms with E-state index < -0.39 is 0 Å². The van der Waals surface area contributed by atoms with E-state index in [0.29, 0.717) is 36.3 Å². The molecule has 1 N–H and O–H groups in total. The topological polar surface area (TPSA) is 105 Å². The molecular formula is C31H28N8O2. The zero-order valence-electron chi connectivity index (χ0n) is 22.5. The Hall–Kier alpha value is -4.85. The van der Waals surface area contributed by atoms with Gasteiger partial charge in [-0.1, -0.05) is 12.0 Å². The molecule has 204 valence electrons. The van der Waals surface area contributed by atoms with Crippen molar-refractivity contribution in [3.8, 4) is 29.1 Å². The first kappa shape index (κ1) is 25.1. The van der Waals surface area contributed by atoms with Crippen LogP contribution in [0.3, 0.4) is 0 Å². The monoisotopic (exact) mass is 544 g/mol. The van der Waals surface area contributed by atoms with Crippen LogP contribution in [0.2, 0.25) is 0 Å². The molecule has 0 saturated carbocycles. The second-order valence-corrected chi connectivity index (χ2v) is 10.0. The highest BCUT2D eigenvalue weighted by molar-refractivity contribution is 5.79. The molecular weight excluding hydrogens is 516 g/mol. The molecule has 3 aromatic heterocycles. The fourth-order valence-electron chi connectivity index (χ4n) is 5.05. The molecule has 0 radical (unpaired) electrons. The number of aromatic nitrogens is 6. The third-order valence-corrected chi connectivity index (χ3v) is 7.27. The first-order valence-corrected chi connectivity index (χ1v) is 13.7. The fourth-order valence-corrected chi connectivity index (χ4v) is 5.05. The van der Waals surface area contributed by atoms with Gasteiger partial charge in [-0.25, -0.2) is 19.9 Å². The van der Waals surface area contributed by atoms with Gasteiger partial charge in [0.1, 0.15) is 23.7 Å². The lowest BCUT2D eigenvalue weighted by Gasteiger charge is -2.26. The van der Waals surface area contributed by atoms with E-state index in [0.717, 1.165) is 61.6 Å². The molecule has 41 heavy (non-hydrogen) atoms. The first-order valence-electron chi connectivity index (χ1n) is 13.7. The van der Waals surface area contributed by atoms with Crippen molar-refractivity contribution in [2.75, 3.05) is 44.4 Å². The van der Waals surface area contributed by atoms with Gasteiger partial charge >= 0.3 is 0 Å². The Bertz CT molecular complexity index is 1750. The highest BCUT2D eigenvalue weighted by atomic mass is 16.5. The second kappa shape index (κ2) is 11.3. The summed E-state index contributed by atoms with van der Waals surface area (Å²) in [7, 11) is 0. The molecule has 0 amide bonds. The van der Waals surface area contributed by atoms with Gasteiger partial charge in [0.15, 0.2) is 5.82 Å². The minimum atomic E-state index is 0.512. The highest BCUT2D eigenvalue weighted by Crippen LogP contribution is 2.29. The van der Waals surface area contributed by atoms with E-state index in [1.54, 1.807) is 24.7 Å². The number of morpholine rings is 1. The standard InChI is InChI=1S/C31H28N8O2/c1(22-2-6-28-24(17-22)19-34-37-28)4-26-7-9-32-30(35-26)29-8-10-33-31(36-29)39-20-23-3-5-27(18-25(23)21-39)41-16-13-38-11-14-40-15-12-38/h2-3,5-10,17-19H,11-16,20-21H2,(H,34,37). The zero-order chi connectivity index (χ0) is 27.4. The number of hydrogen-bond acceptors (Lipinski definition) is 9. The van der Waals surface area contributed by atoms with Crippen molar-refractivity contribution < 1.29 is 9.47 Å². The van der Waals surface area contributed by atoms with Crippen molar-refractivity contribution in [3.63, 3.8) is 0 Å². The molecule has 2 aliphatic rings. The summed E-state index contributed by atoms with van der Waals surface area (Å²) < 4.78 is 11.5. The van der Waals surface area contributed by atoms with E-state index in [2.05, 4.69) is 58.9 Å². The number of ether oxygens (including phenoxy) is 2. The quantitative estimate of drug-likeness (QED) is 0.322. The van der Waals surface area contributed by atoms with E-state index in [1.807, 2.05) is 30.3 Å². The summed E-state index contributed by atoms with van der Waals surface area (Å²) in [6.45, 7) is 6.55. The predicted molar refractivity (Wildman–Crippen MR) is 154 cm³/mol. The van der Waals surface area contributed by atoms with Crippen molar-refractivity contribution in [2.45, 2.75) is 13.1 Å². The maximum Gasteiger partial charge on any atom is 0.226 e. The van der Waals surface area contributed by atoms with Gasteiger partial charge in [0.05, 0.1) is 24.9 Å². The van der Waals surface area contributed by atoms with Crippen molar-refractivity contribution in [2.24, 2.45) is 0 Å². The number of aromatic amines is 1. The maximum absolute atomic E-state index is 6.06. The number of hydrogen-bond donors (Lipinski definition) is 1. The summed E-state index contributed by atoms with van der Waals surface area (Å²) in [4.78, 5) is 23.0. The lowest BCUT2D eigenvalue weighted by molar-refractivity contribution is 0.0322. The lowest BCUT2D eigenvalue weighted by Crippen LogP contribution is -2.38. The number of rotatable bonds is 6. The number of anilines is 1. The number of H-pyrrole nitrogens is 1. The average Bonchev–Trinajstić information content (AvgIpc) is 3.67. The number of nitrogens with zero attached hydrogens (tertiary/aromatic N) is 7. The van der Waals surface area contributed by atoms with Gasteiger partial charge in [-0.3, -0.25) is 10.00 Å². The van der Waals surface area contributed by atoms with E-state index in [4.69, 9.17) is 14.5 Å². The molecule has 1 saturated heterocycles. The highest BCUT2D eigenvalue weighted by Gasteiger charge is 2.22. The van der Waals surface area contributed by atoms with Crippen molar-refractivity contribution >= 4 is 16.9 Å². The summed E-state index contributed by atoms with van der Waals surface area (Å²) in [6, 6.07) is 15.9. The molecule has 0 spiro atoms. The van der Waals surface area contributed by atoms with Gasteiger partial charge in [-0.2, -0.15) is 5.10 Å². The van der Waals surface area contributed by atoms with Crippen molar-refractivity contribution in [1.29, 1.82) is 0 Å². The minimum Gasteiger partial charge on any atom is -0.492 e. The van der Waals surface area contributed by atoms with Crippen LogP contribution in [0.1, 0.15) is 22.4 Å². The van der Waals surface area contributed by atoms with Crippen LogP contribution < -0.4 is 9.64 Å². The Kier molecular flexibility index (Phi) is 6.95. The van der Waals surface area contributed by atoms with E-state index in [9.17, 15) is 0 Å². The molecule has 5 heterocycles. The van der Waals surface area contributed by atoms with Crippen LogP contribution in [0.4, 0.5) is 5.95 Å². The Morgan fingerprint density at radius 3 is 2.76 bits per heavy atom. The molecule has 0 bridgehead atoms. The van der Waals surface area contributed by atoms with Crippen molar-refractivity contribution in [1.82, 2.24) is 35.0 Å². The maximum atomic E-state index is 6.06. The lowest BCUT2D eigenvalue weighted by atomic mass is 10.1. The molecule has 10 heteroatoms. The van der Waals surface area contributed by atoms with Gasteiger partial charge < -0.3 is 14.4 Å². The Labute approximate surface area is 237 Å². The minimum absolute atomic E-state index is 0.512. The summed E-state index contributed by atoms with van der Waals surface area (Å²) in [6.07, 6.45) is 5.25. The number of nitrogens with one attached hydrogen (secondary N) is 1. The van der Waals surface area contributed by atoms with Crippen LogP contribution in [0.25, 0.3) is 22.4 Å². The van der Waals surface area contributed by atoms with Gasteiger partial charge in [-0.15, -0.1) is 0 Å². The third-order valence-electron chi connectivity index (χ3n) is 7.27. The summed E-state index contributed by atoms with van der Waals surface area (Å²) in [5.74, 6) is 8.37. The van der Waals surface area contributed by atoms with Crippen LogP contribution in [0.5, 0.6) is 5.75 Å². The Morgan fingerprint density at radius 1 is 0.902 bits per heavy atom. The van der Waals surface area contributed by atoms with Crippen LogP contribution in [-0.4, -0.2) is 74.5 Å². The number of fused-ring (bicyclic) bond motifs is 2. The summed E-state index contributed by atoms with van der Waals surface area (Å²) in [5.41, 5.74) is 5.63. The van der Waals surface area contributed by atoms with Crippen LogP contribution in [0, 0.1) is 11.8 Å². The third kappa shape index (κ3) is 5.72. The predicted octanol–water partition coefficient (Wildman–Crippen LogP) is 3.44. The normalized spacial score (nSPS) is 15.0.